The molecule has 2 heterocycles. The molecule has 0 saturated heterocycles. The summed E-state index contributed by atoms with van der Waals surface area (Å²) in [6, 6.07) is 0. The van der Waals surface area contributed by atoms with Gasteiger partial charge >= 0.3 is 0 Å². The zero-order valence-corrected chi connectivity index (χ0v) is 12.8. The molecule has 2 rings (SSSR count). The van der Waals surface area contributed by atoms with Gasteiger partial charge in [-0.25, -0.2) is 4.98 Å². The molecule has 1 amide bonds. The summed E-state index contributed by atoms with van der Waals surface area (Å²) in [5, 5.41) is 10.3. The Hall–Kier alpha value is -1.89. The maximum atomic E-state index is 12.0. The number of carbonyl (C=O) groups is 1. The SMILES string of the molecule is CCN(CC)C(=O)Cn1cc(C)c(Nc2nccs2)n1. The summed E-state index contributed by atoms with van der Waals surface area (Å²) >= 11 is 1.52. The number of anilines is 2. The topological polar surface area (TPSA) is 63.1 Å². The average Bonchev–Trinajstić information content (AvgIpc) is 3.02. The standard InChI is InChI=1S/C13H19N5OS/c1-4-17(5-2)11(19)9-18-8-10(3)12(16-18)15-13-14-6-7-20-13/h6-8H,4-5,9H2,1-3H3,(H,14,15,16). The summed E-state index contributed by atoms with van der Waals surface area (Å²) in [5.74, 6) is 0.825. The number of aromatic nitrogens is 3. The minimum absolute atomic E-state index is 0.0818. The lowest BCUT2D eigenvalue weighted by atomic mass is 10.4. The van der Waals surface area contributed by atoms with Gasteiger partial charge in [0.25, 0.3) is 0 Å². The first-order valence-electron chi connectivity index (χ1n) is 6.62. The first kappa shape index (κ1) is 14.5. The van der Waals surface area contributed by atoms with Crippen LogP contribution < -0.4 is 5.32 Å². The molecular weight excluding hydrogens is 274 g/mol. The van der Waals surface area contributed by atoms with E-state index >= 15 is 0 Å². The summed E-state index contributed by atoms with van der Waals surface area (Å²) in [4.78, 5) is 18.0. The lowest BCUT2D eigenvalue weighted by Gasteiger charge is -2.18. The molecular formula is C13H19N5OS. The fourth-order valence-electron chi connectivity index (χ4n) is 1.93. The van der Waals surface area contributed by atoms with E-state index < -0.39 is 0 Å². The van der Waals surface area contributed by atoms with Crippen LogP contribution in [0.3, 0.4) is 0 Å². The molecule has 2 aromatic heterocycles. The van der Waals surface area contributed by atoms with E-state index in [4.69, 9.17) is 0 Å². The normalized spacial score (nSPS) is 10.6. The molecule has 20 heavy (non-hydrogen) atoms. The summed E-state index contributed by atoms with van der Waals surface area (Å²) in [5.41, 5.74) is 0.993. The number of amides is 1. The molecule has 0 bridgehead atoms. The number of thiazole rings is 1. The van der Waals surface area contributed by atoms with Crippen molar-refractivity contribution in [1.82, 2.24) is 19.7 Å². The van der Waals surface area contributed by atoms with E-state index in [0.29, 0.717) is 0 Å². The van der Waals surface area contributed by atoms with Crippen molar-refractivity contribution >= 4 is 28.2 Å². The van der Waals surface area contributed by atoms with Crippen molar-refractivity contribution in [2.24, 2.45) is 0 Å². The molecule has 0 fully saturated rings. The van der Waals surface area contributed by atoms with Gasteiger partial charge in [0, 0.05) is 36.4 Å². The Kier molecular flexibility index (Phi) is 4.73. The van der Waals surface area contributed by atoms with E-state index in [1.165, 1.54) is 11.3 Å². The number of aryl methyl sites for hydroxylation is 1. The van der Waals surface area contributed by atoms with E-state index in [1.54, 1.807) is 15.8 Å². The molecule has 0 radical (unpaired) electrons. The molecule has 0 unspecified atom stereocenters. The Labute approximate surface area is 122 Å². The highest BCUT2D eigenvalue weighted by Gasteiger charge is 2.13. The monoisotopic (exact) mass is 293 g/mol. The van der Waals surface area contributed by atoms with Gasteiger partial charge in [0.15, 0.2) is 10.9 Å². The van der Waals surface area contributed by atoms with Gasteiger partial charge in [0.1, 0.15) is 6.54 Å². The molecule has 6 nitrogen and oxygen atoms in total. The van der Waals surface area contributed by atoms with Crippen LogP contribution in [-0.4, -0.2) is 38.7 Å². The van der Waals surface area contributed by atoms with Crippen molar-refractivity contribution in [2.45, 2.75) is 27.3 Å². The fraction of sp³-hybridized carbons (Fsp3) is 0.462. The van der Waals surface area contributed by atoms with Crippen molar-refractivity contribution in [3.8, 4) is 0 Å². The van der Waals surface area contributed by atoms with Crippen molar-refractivity contribution in [3.05, 3.63) is 23.3 Å². The van der Waals surface area contributed by atoms with Crippen LogP contribution in [0.1, 0.15) is 19.4 Å². The number of nitrogens with one attached hydrogen (secondary N) is 1. The van der Waals surface area contributed by atoms with E-state index in [0.717, 1.165) is 29.6 Å². The van der Waals surface area contributed by atoms with Gasteiger partial charge in [-0.2, -0.15) is 5.10 Å². The molecule has 7 heteroatoms. The van der Waals surface area contributed by atoms with Gasteiger partial charge in [0.05, 0.1) is 0 Å². The van der Waals surface area contributed by atoms with Crippen LogP contribution in [0.5, 0.6) is 0 Å². The maximum Gasteiger partial charge on any atom is 0.244 e. The second-order valence-corrected chi connectivity index (χ2v) is 5.28. The Morgan fingerprint density at radius 3 is 2.80 bits per heavy atom. The van der Waals surface area contributed by atoms with Crippen molar-refractivity contribution in [1.29, 1.82) is 0 Å². The third kappa shape index (κ3) is 3.36. The molecule has 2 aromatic rings. The highest BCUT2D eigenvalue weighted by atomic mass is 32.1. The lowest BCUT2D eigenvalue weighted by molar-refractivity contribution is -0.131. The van der Waals surface area contributed by atoms with Crippen molar-refractivity contribution in [3.63, 3.8) is 0 Å². The first-order valence-corrected chi connectivity index (χ1v) is 7.50. The molecule has 1 N–H and O–H groups in total. The highest BCUT2D eigenvalue weighted by molar-refractivity contribution is 7.13. The van der Waals surface area contributed by atoms with Crippen molar-refractivity contribution < 1.29 is 4.79 Å². The predicted octanol–water partition coefficient (Wildman–Crippen LogP) is 2.26. The van der Waals surface area contributed by atoms with E-state index in [-0.39, 0.29) is 12.5 Å². The third-order valence-corrected chi connectivity index (χ3v) is 3.70. The highest BCUT2D eigenvalue weighted by Crippen LogP contribution is 2.20. The zero-order valence-electron chi connectivity index (χ0n) is 12.0. The molecule has 0 aliphatic carbocycles. The number of nitrogens with zero attached hydrogens (tertiary/aromatic N) is 4. The summed E-state index contributed by atoms with van der Waals surface area (Å²) in [7, 11) is 0. The van der Waals surface area contributed by atoms with Crippen LogP contribution in [0.2, 0.25) is 0 Å². The van der Waals surface area contributed by atoms with Gasteiger partial charge in [-0.15, -0.1) is 11.3 Å². The minimum atomic E-state index is 0.0818. The molecule has 0 aromatic carbocycles. The largest absolute Gasteiger partial charge is 0.342 e. The number of likely N-dealkylation sites (N-methyl/N-ethyl adjacent to an activating group) is 1. The van der Waals surface area contributed by atoms with Crippen LogP contribution in [0.15, 0.2) is 17.8 Å². The van der Waals surface area contributed by atoms with Gasteiger partial charge in [-0.05, 0) is 20.8 Å². The summed E-state index contributed by atoms with van der Waals surface area (Å²) in [6.07, 6.45) is 3.61. The minimum Gasteiger partial charge on any atom is -0.342 e. The van der Waals surface area contributed by atoms with E-state index in [9.17, 15) is 4.79 Å². The van der Waals surface area contributed by atoms with Crippen molar-refractivity contribution in [2.75, 3.05) is 18.4 Å². The second-order valence-electron chi connectivity index (χ2n) is 4.39. The quantitative estimate of drug-likeness (QED) is 0.887. The maximum absolute atomic E-state index is 12.0. The van der Waals surface area contributed by atoms with E-state index in [1.807, 2.05) is 32.3 Å². The molecule has 0 atom stereocenters. The smallest absolute Gasteiger partial charge is 0.244 e. The fourth-order valence-corrected chi connectivity index (χ4v) is 2.45. The summed E-state index contributed by atoms with van der Waals surface area (Å²) in [6.45, 7) is 7.62. The van der Waals surface area contributed by atoms with Crippen LogP contribution >= 0.6 is 11.3 Å². The second kappa shape index (κ2) is 6.51. The Bertz CT molecular complexity index is 559. The van der Waals surface area contributed by atoms with Gasteiger partial charge in [-0.1, -0.05) is 0 Å². The number of carbonyl (C=O) groups excluding carboxylic acids is 1. The van der Waals surface area contributed by atoms with Gasteiger partial charge in [0.2, 0.25) is 5.91 Å². The summed E-state index contributed by atoms with van der Waals surface area (Å²) < 4.78 is 1.67. The first-order chi connectivity index (χ1) is 9.63. The average molecular weight is 293 g/mol. The lowest BCUT2D eigenvalue weighted by Crippen LogP contribution is -2.33. The third-order valence-electron chi connectivity index (χ3n) is 3.02. The Morgan fingerprint density at radius 2 is 2.20 bits per heavy atom. The Balaban J connectivity index is 2.05. The van der Waals surface area contributed by atoms with Crippen LogP contribution in [0, 0.1) is 6.92 Å². The number of hydrogen-bond donors (Lipinski definition) is 1. The van der Waals surface area contributed by atoms with Gasteiger partial charge < -0.3 is 10.2 Å². The molecule has 0 saturated carbocycles. The Morgan fingerprint density at radius 1 is 1.45 bits per heavy atom. The molecule has 0 aliphatic rings. The van der Waals surface area contributed by atoms with Crippen LogP contribution in [0.25, 0.3) is 0 Å². The number of rotatable bonds is 6. The molecule has 0 spiro atoms. The zero-order chi connectivity index (χ0) is 14.5. The molecule has 0 aliphatic heterocycles. The predicted molar refractivity (Wildman–Crippen MR) is 80.3 cm³/mol. The van der Waals surface area contributed by atoms with Crippen LogP contribution in [-0.2, 0) is 11.3 Å². The molecule has 108 valence electrons. The number of hydrogen-bond acceptors (Lipinski definition) is 5. The van der Waals surface area contributed by atoms with Gasteiger partial charge in [-0.3, -0.25) is 9.48 Å². The van der Waals surface area contributed by atoms with E-state index in [2.05, 4.69) is 15.4 Å². The van der Waals surface area contributed by atoms with Crippen LogP contribution in [0.4, 0.5) is 10.9 Å².